The molecule has 3 heterocycles. The van der Waals surface area contributed by atoms with Crippen molar-refractivity contribution >= 4 is 5.91 Å². The highest BCUT2D eigenvalue weighted by Crippen LogP contribution is 2.33. The van der Waals surface area contributed by atoms with Crippen LogP contribution in [0.3, 0.4) is 0 Å². The first-order valence-electron chi connectivity index (χ1n) is 10.5. The smallest absolute Gasteiger partial charge is 0.274 e. The summed E-state index contributed by atoms with van der Waals surface area (Å²) in [5.41, 5.74) is 5.09. The number of aryl methyl sites for hydroxylation is 1. The first kappa shape index (κ1) is 20.3. The van der Waals surface area contributed by atoms with E-state index < -0.39 is 0 Å². The standard InChI is InChI=1S/C24H27FN4O/c1-15(2)20-14-22(28-27-20)24(30)29-11-5-4-6-23(29)21-13-18(12-16(3)26-21)17-7-9-19(25)10-8-17/h7-10,12-15,23H,4-6,11H2,1-3H3,(H,27,28)/t23-/m0/s1. The number of benzene rings is 1. The fraction of sp³-hybridized carbons (Fsp3) is 0.375. The number of carbonyl (C=O) groups excluding carboxylic acids is 1. The molecule has 4 rings (SSSR count). The summed E-state index contributed by atoms with van der Waals surface area (Å²) in [5, 5.41) is 7.24. The largest absolute Gasteiger partial charge is 0.329 e. The van der Waals surface area contributed by atoms with Crippen LogP contribution in [0.2, 0.25) is 0 Å². The van der Waals surface area contributed by atoms with Crippen LogP contribution in [0.1, 0.15) is 72.6 Å². The molecule has 0 unspecified atom stereocenters. The molecule has 5 nitrogen and oxygen atoms in total. The number of carbonyl (C=O) groups is 1. The highest BCUT2D eigenvalue weighted by molar-refractivity contribution is 5.92. The summed E-state index contributed by atoms with van der Waals surface area (Å²) in [6.07, 6.45) is 2.89. The van der Waals surface area contributed by atoms with E-state index in [-0.39, 0.29) is 23.7 Å². The van der Waals surface area contributed by atoms with Crippen LogP contribution in [0.25, 0.3) is 11.1 Å². The number of rotatable bonds is 4. The molecule has 3 aromatic rings. The molecule has 156 valence electrons. The van der Waals surface area contributed by atoms with Crippen LogP contribution in [0.5, 0.6) is 0 Å². The maximum absolute atomic E-state index is 13.3. The number of hydrogen-bond acceptors (Lipinski definition) is 3. The Hall–Kier alpha value is -3.02. The number of halogens is 1. The minimum absolute atomic E-state index is 0.0607. The van der Waals surface area contributed by atoms with Crippen molar-refractivity contribution in [1.82, 2.24) is 20.1 Å². The molecule has 2 aromatic heterocycles. The molecule has 0 aliphatic carbocycles. The van der Waals surface area contributed by atoms with E-state index in [0.717, 1.165) is 47.5 Å². The highest BCUT2D eigenvalue weighted by Gasteiger charge is 2.31. The summed E-state index contributed by atoms with van der Waals surface area (Å²) in [6, 6.07) is 12.3. The molecule has 1 saturated heterocycles. The van der Waals surface area contributed by atoms with Crippen molar-refractivity contribution in [2.45, 2.75) is 52.0 Å². The molecule has 1 aliphatic heterocycles. The average Bonchev–Trinajstić information content (AvgIpc) is 3.24. The number of hydrogen-bond donors (Lipinski definition) is 1. The lowest BCUT2D eigenvalue weighted by molar-refractivity contribution is 0.0599. The third kappa shape index (κ3) is 4.13. The number of amides is 1. The van der Waals surface area contributed by atoms with Gasteiger partial charge in [0.05, 0.1) is 11.7 Å². The van der Waals surface area contributed by atoms with E-state index in [1.54, 1.807) is 12.1 Å². The van der Waals surface area contributed by atoms with Gasteiger partial charge in [-0.05, 0) is 73.6 Å². The third-order valence-electron chi connectivity index (χ3n) is 5.69. The zero-order valence-electron chi connectivity index (χ0n) is 17.7. The summed E-state index contributed by atoms with van der Waals surface area (Å²) < 4.78 is 13.3. The van der Waals surface area contributed by atoms with E-state index in [0.29, 0.717) is 12.2 Å². The van der Waals surface area contributed by atoms with Gasteiger partial charge in [-0.25, -0.2) is 4.39 Å². The van der Waals surface area contributed by atoms with Crippen molar-refractivity contribution in [2.24, 2.45) is 0 Å². The van der Waals surface area contributed by atoms with Crippen molar-refractivity contribution in [2.75, 3.05) is 6.54 Å². The molecule has 0 bridgehead atoms. The second-order valence-corrected chi connectivity index (χ2v) is 8.30. The quantitative estimate of drug-likeness (QED) is 0.630. The molecule has 1 aromatic carbocycles. The molecule has 6 heteroatoms. The number of aromatic nitrogens is 3. The molecule has 1 atom stereocenters. The van der Waals surface area contributed by atoms with Gasteiger partial charge < -0.3 is 4.90 Å². The second-order valence-electron chi connectivity index (χ2n) is 8.30. The molecule has 0 spiro atoms. The van der Waals surface area contributed by atoms with Crippen molar-refractivity contribution < 1.29 is 9.18 Å². The van der Waals surface area contributed by atoms with Gasteiger partial charge in [-0.15, -0.1) is 0 Å². The Morgan fingerprint density at radius 2 is 1.90 bits per heavy atom. The minimum atomic E-state index is -0.256. The van der Waals surface area contributed by atoms with Crippen LogP contribution in [0.15, 0.2) is 42.5 Å². The zero-order chi connectivity index (χ0) is 21.3. The topological polar surface area (TPSA) is 61.9 Å². The van der Waals surface area contributed by atoms with Gasteiger partial charge >= 0.3 is 0 Å². The summed E-state index contributed by atoms with van der Waals surface area (Å²) in [6.45, 7) is 6.78. The van der Waals surface area contributed by atoms with Crippen LogP contribution >= 0.6 is 0 Å². The van der Waals surface area contributed by atoms with Gasteiger partial charge in [0.2, 0.25) is 0 Å². The van der Waals surface area contributed by atoms with Gasteiger partial charge in [0.1, 0.15) is 11.5 Å². The van der Waals surface area contributed by atoms with Gasteiger partial charge in [0.15, 0.2) is 0 Å². The molecule has 1 amide bonds. The summed E-state index contributed by atoms with van der Waals surface area (Å²) in [5.74, 6) is -0.0315. The molecule has 1 aliphatic rings. The van der Waals surface area contributed by atoms with Crippen molar-refractivity contribution in [3.05, 3.63) is 71.1 Å². The average molecular weight is 407 g/mol. The molecule has 30 heavy (non-hydrogen) atoms. The van der Waals surface area contributed by atoms with E-state index in [2.05, 4.69) is 24.0 Å². The number of piperidine rings is 1. The van der Waals surface area contributed by atoms with E-state index in [4.69, 9.17) is 4.98 Å². The number of nitrogens with zero attached hydrogens (tertiary/aromatic N) is 3. The predicted octanol–water partition coefficient (Wildman–Crippen LogP) is 5.41. The van der Waals surface area contributed by atoms with Crippen molar-refractivity contribution in [3.63, 3.8) is 0 Å². The van der Waals surface area contributed by atoms with E-state index in [1.807, 2.05) is 30.0 Å². The lowest BCUT2D eigenvalue weighted by atomic mass is 9.95. The first-order valence-corrected chi connectivity index (χ1v) is 10.5. The number of likely N-dealkylation sites (tertiary alicyclic amines) is 1. The maximum Gasteiger partial charge on any atom is 0.274 e. The SMILES string of the molecule is Cc1cc(-c2ccc(F)cc2)cc([C@@H]2CCCCN2C(=O)c2cc(C(C)C)[nH]n2)n1. The fourth-order valence-corrected chi connectivity index (χ4v) is 4.05. The lowest BCUT2D eigenvalue weighted by Gasteiger charge is -2.35. The highest BCUT2D eigenvalue weighted by atomic mass is 19.1. The lowest BCUT2D eigenvalue weighted by Crippen LogP contribution is -2.39. The van der Waals surface area contributed by atoms with Crippen LogP contribution in [0, 0.1) is 12.7 Å². The van der Waals surface area contributed by atoms with Crippen LogP contribution in [0.4, 0.5) is 4.39 Å². The maximum atomic E-state index is 13.3. The molecule has 1 fully saturated rings. The van der Waals surface area contributed by atoms with Gasteiger partial charge in [-0.3, -0.25) is 14.9 Å². The number of nitrogens with one attached hydrogen (secondary N) is 1. The molecular formula is C24H27FN4O. The van der Waals surface area contributed by atoms with Gasteiger partial charge in [-0.2, -0.15) is 5.10 Å². The molecule has 0 saturated carbocycles. The predicted molar refractivity (Wildman–Crippen MR) is 115 cm³/mol. The fourth-order valence-electron chi connectivity index (χ4n) is 4.05. The van der Waals surface area contributed by atoms with Crippen molar-refractivity contribution in [1.29, 1.82) is 0 Å². The summed E-state index contributed by atoms with van der Waals surface area (Å²) >= 11 is 0. The van der Waals surface area contributed by atoms with E-state index in [9.17, 15) is 9.18 Å². The normalized spacial score (nSPS) is 16.8. The number of H-pyrrole nitrogens is 1. The van der Waals surface area contributed by atoms with Crippen LogP contribution in [-0.4, -0.2) is 32.5 Å². The summed E-state index contributed by atoms with van der Waals surface area (Å²) in [4.78, 5) is 19.9. The molecule has 1 N–H and O–H groups in total. The molecular weight excluding hydrogens is 379 g/mol. The Kier molecular flexibility index (Phi) is 5.66. The number of aromatic amines is 1. The Morgan fingerprint density at radius 3 is 2.60 bits per heavy atom. The second kappa shape index (κ2) is 8.38. The third-order valence-corrected chi connectivity index (χ3v) is 5.69. The Morgan fingerprint density at radius 1 is 1.13 bits per heavy atom. The van der Waals surface area contributed by atoms with Gasteiger partial charge in [0.25, 0.3) is 5.91 Å². The van der Waals surface area contributed by atoms with Crippen LogP contribution in [-0.2, 0) is 0 Å². The van der Waals surface area contributed by atoms with E-state index in [1.165, 1.54) is 12.1 Å². The Bertz CT molecular complexity index is 1040. The first-order chi connectivity index (χ1) is 14.4. The molecule has 0 radical (unpaired) electrons. The van der Waals surface area contributed by atoms with Gasteiger partial charge in [-0.1, -0.05) is 26.0 Å². The zero-order valence-corrected chi connectivity index (χ0v) is 17.7. The van der Waals surface area contributed by atoms with Gasteiger partial charge in [0, 0.05) is 17.9 Å². The van der Waals surface area contributed by atoms with E-state index >= 15 is 0 Å². The summed E-state index contributed by atoms with van der Waals surface area (Å²) in [7, 11) is 0. The number of pyridine rings is 1. The Labute approximate surface area is 176 Å². The Balaban J connectivity index is 1.67. The van der Waals surface area contributed by atoms with Crippen LogP contribution < -0.4 is 0 Å². The monoisotopic (exact) mass is 406 g/mol. The minimum Gasteiger partial charge on any atom is -0.329 e. The van der Waals surface area contributed by atoms with Crippen molar-refractivity contribution in [3.8, 4) is 11.1 Å².